The van der Waals surface area contributed by atoms with Crippen LogP contribution in [0.4, 0.5) is 0 Å². The lowest BCUT2D eigenvalue weighted by molar-refractivity contribution is -0.167. The van der Waals surface area contributed by atoms with Gasteiger partial charge in [-0.25, -0.2) is 0 Å². The van der Waals surface area contributed by atoms with Gasteiger partial charge >= 0.3 is 17.9 Å². The minimum atomic E-state index is -0.775. The van der Waals surface area contributed by atoms with Gasteiger partial charge in [0.1, 0.15) is 13.2 Å². The molecule has 0 aromatic heterocycles. The Bertz CT molecular complexity index is 1200. The summed E-state index contributed by atoms with van der Waals surface area (Å²) < 4.78 is 16.9. The molecular weight excluding hydrogens is 853 g/mol. The molecule has 402 valence electrons. The van der Waals surface area contributed by atoms with Crippen LogP contribution in [0.2, 0.25) is 0 Å². The lowest BCUT2D eigenvalue weighted by atomic mass is 10.0. The molecule has 0 aliphatic carbocycles. The van der Waals surface area contributed by atoms with Gasteiger partial charge in [0.15, 0.2) is 6.10 Å². The molecule has 0 aromatic carbocycles. The van der Waals surface area contributed by atoms with Crippen molar-refractivity contribution in [2.45, 2.75) is 322 Å². The molecule has 0 amide bonds. The van der Waals surface area contributed by atoms with Gasteiger partial charge in [-0.2, -0.15) is 0 Å². The summed E-state index contributed by atoms with van der Waals surface area (Å²) in [5, 5.41) is 0. The van der Waals surface area contributed by atoms with E-state index in [4.69, 9.17) is 14.2 Å². The monoisotopic (exact) mass is 967 g/mol. The molecule has 1 atom stereocenters. The van der Waals surface area contributed by atoms with Gasteiger partial charge in [0.2, 0.25) is 0 Å². The Balaban J connectivity index is 4.22. The summed E-state index contributed by atoms with van der Waals surface area (Å²) in [5.41, 5.74) is 0. The van der Waals surface area contributed by atoms with Crippen LogP contribution in [0.25, 0.3) is 0 Å². The quantitative estimate of drug-likeness (QED) is 0.0262. The highest BCUT2D eigenvalue weighted by molar-refractivity contribution is 5.71. The van der Waals surface area contributed by atoms with E-state index in [1.54, 1.807) is 0 Å². The molecule has 0 rings (SSSR count). The third kappa shape index (κ3) is 56.2. The third-order valence-electron chi connectivity index (χ3n) is 13.3. The Hall–Kier alpha value is -2.63. The van der Waals surface area contributed by atoms with Crippen LogP contribution in [0.3, 0.4) is 0 Å². The van der Waals surface area contributed by atoms with Crippen LogP contribution in [0.1, 0.15) is 316 Å². The maximum Gasteiger partial charge on any atom is 0.306 e. The van der Waals surface area contributed by atoms with E-state index in [9.17, 15) is 14.4 Å². The number of esters is 3. The smallest absolute Gasteiger partial charge is 0.306 e. The second-order valence-electron chi connectivity index (χ2n) is 20.3. The number of carbonyl (C=O) groups is 3. The molecule has 0 fully saturated rings. The van der Waals surface area contributed by atoms with Gasteiger partial charge in [-0.05, 0) is 77.0 Å². The van der Waals surface area contributed by atoms with Crippen LogP contribution in [-0.4, -0.2) is 37.2 Å². The molecule has 0 aliphatic heterocycles. The molecule has 0 bridgehead atoms. The lowest BCUT2D eigenvalue weighted by Gasteiger charge is -2.18. The molecule has 0 saturated carbocycles. The number of hydrogen-bond acceptors (Lipinski definition) is 6. The van der Waals surface area contributed by atoms with Crippen LogP contribution >= 0.6 is 0 Å². The molecule has 0 spiro atoms. The first-order valence-corrected chi connectivity index (χ1v) is 30.1. The fourth-order valence-corrected chi connectivity index (χ4v) is 8.75. The van der Waals surface area contributed by atoms with Crippen LogP contribution in [0.5, 0.6) is 0 Å². The average Bonchev–Trinajstić information content (AvgIpc) is 3.35. The van der Waals surface area contributed by atoms with Crippen LogP contribution < -0.4 is 0 Å². The topological polar surface area (TPSA) is 78.9 Å². The van der Waals surface area contributed by atoms with Gasteiger partial charge in [-0.1, -0.05) is 268 Å². The highest BCUT2D eigenvalue weighted by atomic mass is 16.6. The minimum Gasteiger partial charge on any atom is -0.462 e. The summed E-state index contributed by atoms with van der Waals surface area (Å²) >= 11 is 0. The third-order valence-corrected chi connectivity index (χ3v) is 13.3. The van der Waals surface area contributed by atoms with E-state index in [1.807, 2.05) is 0 Å². The minimum absolute atomic E-state index is 0.0748. The van der Waals surface area contributed by atoms with E-state index in [0.29, 0.717) is 19.3 Å². The van der Waals surface area contributed by atoms with Crippen molar-refractivity contribution in [3.63, 3.8) is 0 Å². The second kappa shape index (κ2) is 57.9. The SMILES string of the molecule is CCC/C=C\CCCCCCCC(=O)OCC(COC(=O)CCCCCCCCCCCC/C=C\C/C=C\C/C=C\CCCCCCC)OC(=O)CCCCCCCCCCCCCCCCCC. The summed E-state index contributed by atoms with van der Waals surface area (Å²) in [6.45, 7) is 6.59. The zero-order chi connectivity index (χ0) is 50.0. The first-order chi connectivity index (χ1) is 34.0. The van der Waals surface area contributed by atoms with E-state index < -0.39 is 6.10 Å². The number of carbonyl (C=O) groups excluding carboxylic acids is 3. The summed E-state index contributed by atoms with van der Waals surface area (Å²) in [6, 6.07) is 0. The molecule has 6 nitrogen and oxygen atoms in total. The van der Waals surface area contributed by atoms with Gasteiger partial charge in [0, 0.05) is 19.3 Å². The first-order valence-electron chi connectivity index (χ1n) is 30.1. The van der Waals surface area contributed by atoms with Crippen molar-refractivity contribution in [2.75, 3.05) is 13.2 Å². The fourth-order valence-electron chi connectivity index (χ4n) is 8.75. The number of hydrogen-bond donors (Lipinski definition) is 0. The van der Waals surface area contributed by atoms with E-state index >= 15 is 0 Å². The predicted molar refractivity (Wildman–Crippen MR) is 298 cm³/mol. The summed E-state index contributed by atoms with van der Waals surface area (Å²) in [4.78, 5) is 38.1. The van der Waals surface area contributed by atoms with Gasteiger partial charge in [-0.3, -0.25) is 14.4 Å². The lowest BCUT2D eigenvalue weighted by Crippen LogP contribution is -2.30. The Morgan fingerprint density at radius 2 is 0.551 bits per heavy atom. The van der Waals surface area contributed by atoms with Crippen molar-refractivity contribution in [1.29, 1.82) is 0 Å². The standard InChI is InChI=1S/C63H114O6/c1-4-7-10-13-16-19-22-24-26-28-29-30-31-32-33-34-35-36-38-39-41-44-47-50-53-56-62(65)68-59-60(58-67-61(64)55-52-49-46-43-21-18-15-12-9-6-3)69-63(66)57-54-51-48-45-42-40-37-27-25-23-20-17-14-11-8-5-2/h12,15,22,24,28-29,31-32,60H,4-11,13-14,16-21,23,25-27,30,33-59H2,1-3H3/b15-12-,24-22-,29-28-,32-31-. The van der Waals surface area contributed by atoms with Crippen LogP contribution in [0, 0.1) is 0 Å². The molecule has 0 N–H and O–H groups in total. The van der Waals surface area contributed by atoms with Gasteiger partial charge in [0.05, 0.1) is 0 Å². The zero-order valence-corrected chi connectivity index (χ0v) is 46.1. The van der Waals surface area contributed by atoms with E-state index in [0.717, 1.165) is 83.5 Å². The summed E-state index contributed by atoms with van der Waals surface area (Å²) in [6.07, 6.45) is 71.2. The molecule has 6 heteroatoms. The Labute approximate surface area is 428 Å². The second-order valence-corrected chi connectivity index (χ2v) is 20.3. The van der Waals surface area contributed by atoms with Crippen molar-refractivity contribution < 1.29 is 28.6 Å². The first kappa shape index (κ1) is 66.4. The van der Waals surface area contributed by atoms with Crippen molar-refractivity contribution in [2.24, 2.45) is 0 Å². The van der Waals surface area contributed by atoms with E-state index in [2.05, 4.69) is 69.4 Å². The maximum absolute atomic E-state index is 12.8. The largest absolute Gasteiger partial charge is 0.462 e. The van der Waals surface area contributed by atoms with Crippen molar-refractivity contribution in [1.82, 2.24) is 0 Å². The molecule has 0 saturated heterocycles. The zero-order valence-electron chi connectivity index (χ0n) is 46.1. The summed E-state index contributed by atoms with van der Waals surface area (Å²) in [5.74, 6) is -0.874. The molecule has 0 aromatic rings. The van der Waals surface area contributed by atoms with Crippen molar-refractivity contribution in [3.8, 4) is 0 Å². The highest BCUT2D eigenvalue weighted by Gasteiger charge is 2.19. The van der Waals surface area contributed by atoms with Crippen molar-refractivity contribution in [3.05, 3.63) is 48.6 Å². The normalized spacial score (nSPS) is 12.3. The molecular formula is C63H114O6. The van der Waals surface area contributed by atoms with Gasteiger partial charge in [0.25, 0.3) is 0 Å². The fraction of sp³-hybridized carbons (Fsp3) is 0.825. The Morgan fingerprint density at radius 3 is 0.884 bits per heavy atom. The van der Waals surface area contributed by atoms with Crippen LogP contribution in [0.15, 0.2) is 48.6 Å². The maximum atomic E-state index is 12.8. The predicted octanol–water partition coefficient (Wildman–Crippen LogP) is 20.2. The number of rotatable bonds is 55. The number of unbranched alkanes of at least 4 members (excludes halogenated alkanes) is 36. The van der Waals surface area contributed by atoms with E-state index in [1.165, 1.54) is 193 Å². The highest BCUT2D eigenvalue weighted by Crippen LogP contribution is 2.17. The molecule has 0 heterocycles. The van der Waals surface area contributed by atoms with Crippen molar-refractivity contribution >= 4 is 17.9 Å². The number of allylic oxidation sites excluding steroid dienone is 8. The summed E-state index contributed by atoms with van der Waals surface area (Å²) in [7, 11) is 0. The van der Waals surface area contributed by atoms with Gasteiger partial charge in [-0.15, -0.1) is 0 Å². The molecule has 69 heavy (non-hydrogen) atoms. The number of ether oxygens (including phenoxy) is 3. The average molecular weight is 968 g/mol. The Morgan fingerprint density at radius 1 is 0.290 bits per heavy atom. The van der Waals surface area contributed by atoms with Crippen LogP contribution in [-0.2, 0) is 28.6 Å². The Kier molecular flexibility index (Phi) is 55.7. The molecule has 1 unspecified atom stereocenters. The molecule has 0 radical (unpaired) electrons. The molecule has 0 aliphatic rings. The van der Waals surface area contributed by atoms with E-state index in [-0.39, 0.29) is 31.1 Å². The van der Waals surface area contributed by atoms with Gasteiger partial charge < -0.3 is 14.2 Å².